The van der Waals surface area contributed by atoms with E-state index >= 15 is 0 Å². The van der Waals surface area contributed by atoms with Crippen molar-refractivity contribution in [3.63, 3.8) is 0 Å². The third-order valence-corrected chi connectivity index (χ3v) is 3.94. The Labute approximate surface area is 140 Å². The van der Waals surface area contributed by atoms with E-state index in [1.165, 1.54) is 24.3 Å². The molecule has 2 aromatic carbocycles. The molecule has 0 spiro atoms. The highest BCUT2D eigenvalue weighted by molar-refractivity contribution is 5.62. The molecule has 124 valence electrons. The molecule has 0 aliphatic heterocycles. The number of aromatic nitrogens is 3. The zero-order chi connectivity index (χ0) is 16.9. The fourth-order valence-electron chi connectivity index (χ4n) is 2.66. The van der Waals surface area contributed by atoms with E-state index in [9.17, 15) is 8.78 Å². The van der Waals surface area contributed by atoms with Crippen molar-refractivity contribution in [1.82, 2.24) is 14.8 Å². The van der Waals surface area contributed by atoms with E-state index in [4.69, 9.17) is 0 Å². The molecule has 3 rings (SSSR count). The molecule has 1 aromatic heterocycles. The van der Waals surface area contributed by atoms with E-state index < -0.39 is 0 Å². The summed E-state index contributed by atoms with van der Waals surface area (Å²) in [6, 6.07) is 12.5. The Morgan fingerprint density at radius 2 is 1.21 bits per heavy atom. The van der Waals surface area contributed by atoms with Crippen molar-refractivity contribution < 1.29 is 8.78 Å². The van der Waals surface area contributed by atoms with E-state index in [1.54, 1.807) is 24.3 Å². The Hall–Kier alpha value is -2.56. The zero-order valence-electron chi connectivity index (χ0n) is 13.5. The molecule has 0 N–H and O–H groups in total. The first kappa shape index (κ1) is 16.3. The molecular formula is C19H19F2N3. The number of hydrogen-bond acceptors (Lipinski definition) is 2. The van der Waals surface area contributed by atoms with Gasteiger partial charge < -0.3 is 4.57 Å². The molecule has 0 radical (unpaired) electrons. The highest BCUT2D eigenvalue weighted by Crippen LogP contribution is 2.25. The predicted molar refractivity (Wildman–Crippen MR) is 90.3 cm³/mol. The molecule has 0 unspecified atom stereocenters. The van der Waals surface area contributed by atoms with Crippen molar-refractivity contribution in [3.8, 4) is 22.8 Å². The number of nitrogens with zero attached hydrogens (tertiary/aromatic N) is 3. The monoisotopic (exact) mass is 327 g/mol. The van der Waals surface area contributed by atoms with Gasteiger partial charge in [-0.2, -0.15) is 0 Å². The molecule has 0 saturated heterocycles. The van der Waals surface area contributed by atoms with Crippen molar-refractivity contribution in [2.75, 3.05) is 0 Å². The summed E-state index contributed by atoms with van der Waals surface area (Å²) >= 11 is 0. The molecule has 0 aliphatic rings. The van der Waals surface area contributed by atoms with Gasteiger partial charge in [0.25, 0.3) is 0 Å². The van der Waals surface area contributed by atoms with E-state index in [1.807, 2.05) is 4.57 Å². The van der Waals surface area contributed by atoms with Gasteiger partial charge in [-0.25, -0.2) is 8.78 Å². The van der Waals surface area contributed by atoms with E-state index in [0.717, 1.165) is 36.9 Å². The van der Waals surface area contributed by atoms with Gasteiger partial charge in [-0.1, -0.05) is 19.8 Å². The summed E-state index contributed by atoms with van der Waals surface area (Å²) in [5.41, 5.74) is 1.63. The fraction of sp³-hybridized carbons (Fsp3) is 0.263. The lowest BCUT2D eigenvalue weighted by Crippen LogP contribution is -2.03. The van der Waals surface area contributed by atoms with Crippen molar-refractivity contribution in [1.29, 1.82) is 0 Å². The lowest BCUT2D eigenvalue weighted by atomic mass is 10.1. The maximum absolute atomic E-state index is 13.2. The number of unbranched alkanes of at least 4 members (excludes halogenated alkanes) is 2. The van der Waals surface area contributed by atoms with Crippen LogP contribution >= 0.6 is 0 Å². The molecule has 5 heteroatoms. The largest absolute Gasteiger partial charge is 0.307 e. The van der Waals surface area contributed by atoms with Crippen LogP contribution in [0.25, 0.3) is 22.8 Å². The first-order valence-corrected chi connectivity index (χ1v) is 8.14. The maximum Gasteiger partial charge on any atom is 0.164 e. The molecule has 0 bridgehead atoms. The third-order valence-electron chi connectivity index (χ3n) is 3.94. The van der Waals surface area contributed by atoms with Gasteiger partial charge in [0.15, 0.2) is 11.6 Å². The van der Waals surface area contributed by atoms with Gasteiger partial charge in [-0.3, -0.25) is 0 Å². The number of hydrogen-bond donors (Lipinski definition) is 0. The van der Waals surface area contributed by atoms with Crippen LogP contribution in [0.5, 0.6) is 0 Å². The standard InChI is InChI=1S/C19H19F2N3/c1-2-3-4-13-24-18(14-5-9-16(20)10-6-14)22-23-19(24)15-7-11-17(21)12-8-15/h5-12H,2-4,13H2,1H3. The van der Waals surface area contributed by atoms with Crippen LogP contribution in [-0.4, -0.2) is 14.8 Å². The minimum Gasteiger partial charge on any atom is -0.307 e. The van der Waals surface area contributed by atoms with Crippen LogP contribution in [0.2, 0.25) is 0 Å². The van der Waals surface area contributed by atoms with E-state index in [2.05, 4.69) is 17.1 Å². The van der Waals surface area contributed by atoms with E-state index in [-0.39, 0.29) is 11.6 Å². The number of halogens is 2. The normalized spacial score (nSPS) is 11.0. The van der Waals surface area contributed by atoms with Crippen LogP contribution in [0, 0.1) is 11.6 Å². The topological polar surface area (TPSA) is 30.7 Å². The molecule has 0 saturated carbocycles. The van der Waals surface area contributed by atoms with Crippen LogP contribution in [0.15, 0.2) is 48.5 Å². The van der Waals surface area contributed by atoms with Crippen molar-refractivity contribution in [2.45, 2.75) is 32.7 Å². The molecule has 3 nitrogen and oxygen atoms in total. The third kappa shape index (κ3) is 3.50. The Kier molecular flexibility index (Phi) is 4.99. The lowest BCUT2D eigenvalue weighted by molar-refractivity contribution is 0.608. The van der Waals surface area contributed by atoms with Gasteiger partial charge in [0.1, 0.15) is 11.6 Å². The molecule has 0 amide bonds. The highest BCUT2D eigenvalue weighted by Gasteiger charge is 2.15. The Balaban J connectivity index is 2.02. The number of rotatable bonds is 6. The van der Waals surface area contributed by atoms with Gasteiger partial charge in [-0.05, 0) is 55.0 Å². The van der Waals surface area contributed by atoms with Crippen molar-refractivity contribution in [3.05, 3.63) is 60.2 Å². The maximum atomic E-state index is 13.2. The summed E-state index contributed by atoms with van der Waals surface area (Å²) in [5.74, 6) is 0.833. The van der Waals surface area contributed by atoms with Crippen LogP contribution < -0.4 is 0 Å². The van der Waals surface area contributed by atoms with Crippen LogP contribution in [0.4, 0.5) is 8.78 Å². The average Bonchev–Trinajstić information content (AvgIpc) is 3.00. The molecule has 3 aromatic rings. The second kappa shape index (κ2) is 7.34. The van der Waals surface area contributed by atoms with Gasteiger partial charge in [0.05, 0.1) is 0 Å². The smallest absolute Gasteiger partial charge is 0.164 e. The fourth-order valence-corrected chi connectivity index (χ4v) is 2.66. The first-order chi connectivity index (χ1) is 11.7. The van der Waals surface area contributed by atoms with Gasteiger partial charge in [0.2, 0.25) is 0 Å². The summed E-state index contributed by atoms with van der Waals surface area (Å²) < 4.78 is 28.4. The minimum atomic E-state index is -0.283. The zero-order valence-corrected chi connectivity index (χ0v) is 13.5. The van der Waals surface area contributed by atoms with Gasteiger partial charge in [-0.15, -0.1) is 10.2 Å². The predicted octanol–water partition coefficient (Wildman–Crippen LogP) is 5.08. The quantitative estimate of drug-likeness (QED) is 0.591. The summed E-state index contributed by atoms with van der Waals surface area (Å²) in [5, 5.41) is 8.58. The summed E-state index contributed by atoms with van der Waals surface area (Å²) in [7, 11) is 0. The number of benzene rings is 2. The second-order valence-electron chi connectivity index (χ2n) is 5.72. The summed E-state index contributed by atoms with van der Waals surface area (Å²) in [4.78, 5) is 0. The average molecular weight is 327 g/mol. The van der Waals surface area contributed by atoms with Crippen LogP contribution in [-0.2, 0) is 6.54 Å². The van der Waals surface area contributed by atoms with Crippen molar-refractivity contribution in [2.24, 2.45) is 0 Å². The highest BCUT2D eigenvalue weighted by atomic mass is 19.1. The second-order valence-corrected chi connectivity index (χ2v) is 5.72. The molecule has 24 heavy (non-hydrogen) atoms. The Morgan fingerprint density at radius 3 is 1.62 bits per heavy atom. The van der Waals surface area contributed by atoms with E-state index in [0.29, 0.717) is 11.6 Å². The van der Waals surface area contributed by atoms with Gasteiger partial charge >= 0.3 is 0 Å². The van der Waals surface area contributed by atoms with Gasteiger partial charge in [0, 0.05) is 17.7 Å². The molecular weight excluding hydrogens is 308 g/mol. The molecule has 0 atom stereocenters. The Morgan fingerprint density at radius 1 is 0.750 bits per heavy atom. The minimum absolute atomic E-state index is 0.283. The van der Waals surface area contributed by atoms with Crippen LogP contribution in [0.1, 0.15) is 26.2 Å². The molecule has 1 heterocycles. The first-order valence-electron chi connectivity index (χ1n) is 8.14. The lowest BCUT2D eigenvalue weighted by Gasteiger charge is -2.10. The molecule has 0 aliphatic carbocycles. The summed E-state index contributed by atoms with van der Waals surface area (Å²) in [6.45, 7) is 2.91. The van der Waals surface area contributed by atoms with Crippen LogP contribution in [0.3, 0.4) is 0 Å². The summed E-state index contributed by atoms with van der Waals surface area (Å²) in [6.07, 6.45) is 3.21. The Bertz CT molecular complexity index is 729. The molecule has 0 fully saturated rings. The van der Waals surface area contributed by atoms with Crippen molar-refractivity contribution >= 4 is 0 Å². The SMILES string of the molecule is CCCCCn1c(-c2ccc(F)cc2)nnc1-c1ccc(F)cc1.